The second kappa shape index (κ2) is 8.65. The highest BCUT2D eigenvalue weighted by Gasteiger charge is 2.43. The van der Waals surface area contributed by atoms with Gasteiger partial charge in [0.2, 0.25) is 0 Å². The van der Waals surface area contributed by atoms with Crippen molar-refractivity contribution in [3.05, 3.63) is 0 Å². The Morgan fingerprint density at radius 1 is 0.913 bits per heavy atom. The van der Waals surface area contributed by atoms with Crippen LogP contribution in [0.2, 0.25) is 0 Å². The molecule has 2 aliphatic rings. The molecule has 9 nitrogen and oxygen atoms in total. The quantitative estimate of drug-likeness (QED) is 0.362. The molecule has 0 spiro atoms. The molecule has 0 saturated carbocycles. The van der Waals surface area contributed by atoms with E-state index >= 15 is 0 Å². The molecule has 4 unspecified atom stereocenters. The van der Waals surface area contributed by atoms with Crippen LogP contribution in [0.25, 0.3) is 0 Å². The van der Waals surface area contributed by atoms with Crippen molar-refractivity contribution >= 4 is 0 Å². The molecule has 2 heterocycles. The van der Waals surface area contributed by atoms with Gasteiger partial charge in [-0.15, -0.1) is 0 Å². The molecule has 0 bridgehead atoms. The standard InChI is InChI=1S/C14H26O9/c1-2-20-11-4-8(18)14(10(6-16)22-11)23-12-3-7(17)13(19)9(5-15)21-12/h7-19H,2-6H2,1H3/t7?,8-,9?,10?,11+,12?,13+,14+/m1/s1. The molecule has 23 heavy (non-hydrogen) atoms. The van der Waals surface area contributed by atoms with Gasteiger partial charge in [0.1, 0.15) is 24.4 Å². The van der Waals surface area contributed by atoms with E-state index in [1.165, 1.54) is 0 Å². The maximum Gasteiger partial charge on any atom is 0.161 e. The summed E-state index contributed by atoms with van der Waals surface area (Å²) in [5, 5.41) is 48.3. The molecule has 2 saturated heterocycles. The molecular weight excluding hydrogens is 312 g/mol. The minimum absolute atomic E-state index is 0.0199. The molecule has 0 aromatic rings. The maximum absolute atomic E-state index is 10.2. The van der Waals surface area contributed by atoms with Crippen molar-refractivity contribution in [3.8, 4) is 0 Å². The summed E-state index contributed by atoms with van der Waals surface area (Å²) in [5.74, 6) is 0. The van der Waals surface area contributed by atoms with Crippen LogP contribution in [0.3, 0.4) is 0 Å². The Balaban J connectivity index is 1.97. The molecule has 0 radical (unpaired) electrons. The Morgan fingerprint density at radius 2 is 1.52 bits per heavy atom. The van der Waals surface area contributed by atoms with Crippen LogP contribution in [0, 0.1) is 0 Å². The van der Waals surface area contributed by atoms with Gasteiger partial charge in [0, 0.05) is 19.4 Å². The van der Waals surface area contributed by atoms with Crippen molar-refractivity contribution in [2.75, 3.05) is 19.8 Å². The third kappa shape index (κ3) is 4.59. The second-order valence-electron chi connectivity index (χ2n) is 5.73. The predicted molar refractivity (Wildman–Crippen MR) is 75.2 cm³/mol. The van der Waals surface area contributed by atoms with Crippen molar-refractivity contribution < 1.29 is 44.5 Å². The van der Waals surface area contributed by atoms with Gasteiger partial charge in [0.25, 0.3) is 0 Å². The first-order valence-corrected chi connectivity index (χ1v) is 7.84. The van der Waals surface area contributed by atoms with Crippen LogP contribution in [0.1, 0.15) is 19.8 Å². The van der Waals surface area contributed by atoms with E-state index in [1.807, 2.05) is 0 Å². The van der Waals surface area contributed by atoms with Gasteiger partial charge in [-0.2, -0.15) is 0 Å². The molecule has 2 rings (SSSR count). The van der Waals surface area contributed by atoms with Gasteiger partial charge >= 0.3 is 0 Å². The number of hydrogen-bond acceptors (Lipinski definition) is 9. The zero-order chi connectivity index (χ0) is 17.0. The smallest absolute Gasteiger partial charge is 0.161 e. The number of hydrogen-bond donors (Lipinski definition) is 5. The molecule has 2 fully saturated rings. The fraction of sp³-hybridized carbons (Fsp3) is 1.00. The molecular formula is C14H26O9. The zero-order valence-electron chi connectivity index (χ0n) is 13.0. The van der Waals surface area contributed by atoms with Gasteiger partial charge in [-0.3, -0.25) is 0 Å². The molecule has 8 atom stereocenters. The van der Waals surface area contributed by atoms with Crippen LogP contribution >= 0.6 is 0 Å². The van der Waals surface area contributed by atoms with Crippen LogP contribution in [0.4, 0.5) is 0 Å². The first-order valence-electron chi connectivity index (χ1n) is 7.84. The van der Waals surface area contributed by atoms with Gasteiger partial charge in [-0.1, -0.05) is 0 Å². The Labute approximate surface area is 134 Å². The lowest BCUT2D eigenvalue weighted by atomic mass is 10.00. The first kappa shape index (κ1) is 19.0. The summed E-state index contributed by atoms with van der Waals surface area (Å²) >= 11 is 0. The van der Waals surface area contributed by atoms with Crippen LogP contribution < -0.4 is 0 Å². The zero-order valence-corrected chi connectivity index (χ0v) is 13.0. The van der Waals surface area contributed by atoms with Gasteiger partial charge in [0.15, 0.2) is 12.6 Å². The van der Waals surface area contributed by atoms with E-state index in [9.17, 15) is 20.4 Å². The number of rotatable bonds is 6. The third-order valence-electron chi connectivity index (χ3n) is 4.06. The predicted octanol–water partition coefficient (Wildman–Crippen LogP) is -2.29. The van der Waals surface area contributed by atoms with E-state index in [2.05, 4.69) is 0 Å². The Hall–Kier alpha value is -0.360. The highest BCUT2D eigenvalue weighted by molar-refractivity contribution is 4.87. The van der Waals surface area contributed by atoms with Crippen LogP contribution in [-0.4, -0.2) is 94.6 Å². The monoisotopic (exact) mass is 338 g/mol. The Morgan fingerprint density at radius 3 is 2.13 bits per heavy atom. The number of aliphatic hydroxyl groups is 5. The van der Waals surface area contributed by atoms with Gasteiger partial charge in [0.05, 0.1) is 25.4 Å². The summed E-state index contributed by atoms with van der Waals surface area (Å²) in [7, 11) is 0. The molecule has 9 heteroatoms. The molecule has 5 N–H and O–H groups in total. The lowest BCUT2D eigenvalue weighted by Gasteiger charge is -2.42. The van der Waals surface area contributed by atoms with Crippen LogP contribution in [0.5, 0.6) is 0 Å². The normalized spacial score (nSPS) is 45.1. The van der Waals surface area contributed by atoms with Crippen molar-refractivity contribution in [1.29, 1.82) is 0 Å². The minimum atomic E-state index is -1.21. The van der Waals surface area contributed by atoms with E-state index in [1.54, 1.807) is 6.92 Å². The molecule has 0 amide bonds. The van der Waals surface area contributed by atoms with E-state index < -0.39 is 55.8 Å². The number of ether oxygens (including phenoxy) is 4. The summed E-state index contributed by atoms with van der Waals surface area (Å²) in [4.78, 5) is 0. The number of aliphatic hydroxyl groups excluding tert-OH is 5. The van der Waals surface area contributed by atoms with E-state index in [4.69, 9.17) is 24.1 Å². The van der Waals surface area contributed by atoms with Crippen molar-refractivity contribution in [3.63, 3.8) is 0 Å². The summed E-state index contributed by atoms with van der Waals surface area (Å²) in [6, 6.07) is 0. The van der Waals surface area contributed by atoms with Gasteiger partial charge in [-0.25, -0.2) is 0 Å². The highest BCUT2D eigenvalue weighted by Crippen LogP contribution is 2.28. The van der Waals surface area contributed by atoms with E-state index in [0.29, 0.717) is 6.61 Å². The van der Waals surface area contributed by atoms with Gasteiger partial charge in [-0.05, 0) is 6.92 Å². The Bertz CT molecular complexity index is 355. The summed E-state index contributed by atoms with van der Waals surface area (Å²) in [6.45, 7) is 1.35. The fourth-order valence-electron chi connectivity index (χ4n) is 2.85. The third-order valence-corrected chi connectivity index (χ3v) is 4.06. The topological polar surface area (TPSA) is 138 Å². The fourth-order valence-corrected chi connectivity index (χ4v) is 2.85. The van der Waals surface area contributed by atoms with Crippen molar-refractivity contribution in [2.45, 2.75) is 69.0 Å². The van der Waals surface area contributed by atoms with Crippen LogP contribution in [0.15, 0.2) is 0 Å². The van der Waals surface area contributed by atoms with Gasteiger partial charge < -0.3 is 44.5 Å². The average Bonchev–Trinajstić information content (AvgIpc) is 2.53. The van der Waals surface area contributed by atoms with E-state index in [0.717, 1.165) is 0 Å². The van der Waals surface area contributed by atoms with Crippen molar-refractivity contribution in [1.82, 2.24) is 0 Å². The summed E-state index contributed by atoms with van der Waals surface area (Å²) < 4.78 is 21.8. The van der Waals surface area contributed by atoms with Crippen molar-refractivity contribution in [2.24, 2.45) is 0 Å². The average molecular weight is 338 g/mol. The summed E-state index contributed by atoms with van der Waals surface area (Å²) in [5.41, 5.74) is 0. The highest BCUT2D eigenvalue weighted by atomic mass is 16.7. The molecule has 136 valence electrons. The molecule has 0 aliphatic carbocycles. The first-order chi connectivity index (χ1) is 11.0. The lowest BCUT2D eigenvalue weighted by molar-refractivity contribution is -0.320. The summed E-state index contributed by atoms with van der Waals surface area (Å²) in [6.07, 6.45) is -7.33. The lowest BCUT2D eigenvalue weighted by Crippen LogP contribution is -2.56. The molecule has 0 aromatic carbocycles. The Kier molecular flexibility index (Phi) is 7.14. The maximum atomic E-state index is 10.2. The largest absolute Gasteiger partial charge is 0.394 e. The molecule has 0 aromatic heterocycles. The minimum Gasteiger partial charge on any atom is -0.394 e. The second-order valence-corrected chi connectivity index (χ2v) is 5.73. The molecule has 2 aliphatic heterocycles. The van der Waals surface area contributed by atoms with E-state index in [-0.39, 0.29) is 19.4 Å². The van der Waals surface area contributed by atoms with Crippen LogP contribution in [-0.2, 0) is 18.9 Å². The SMILES string of the molecule is CCO[C@@H]1C[C@@H](O)[C@H](OC2CC(O)[C@H](O)C(CO)O2)C(CO)O1.